The molecule has 0 bridgehead atoms. The van der Waals surface area contributed by atoms with E-state index in [-0.39, 0.29) is 5.56 Å². The van der Waals surface area contributed by atoms with Gasteiger partial charge in [-0.2, -0.15) is 0 Å². The van der Waals surface area contributed by atoms with E-state index in [0.717, 1.165) is 6.07 Å². The van der Waals surface area contributed by atoms with Crippen LogP contribution in [-0.2, 0) is 0 Å². The summed E-state index contributed by atoms with van der Waals surface area (Å²) in [6, 6.07) is 6.53. The minimum atomic E-state index is -1.67. The quantitative estimate of drug-likeness (QED) is 0.550. The number of carbonyl (C=O) groups excluding carboxylic acids is 1. The predicted octanol–water partition coefficient (Wildman–Crippen LogP) is 4.47. The fraction of sp³-hybridized carbons (Fsp3) is 0. The first kappa shape index (κ1) is 13.7. The maximum atomic E-state index is 13.7. The number of hydrogen-bond acceptors (Lipinski definition) is 1. The maximum absolute atomic E-state index is 13.7. The van der Waals surface area contributed by atoms with Crippen LogP contribution in [-0.4, -0.2) is 10.8 Å². The van der Waals surface area contributed by atoms with E-state index < -0.39 is 28.8 Å². The molecule has 0 radical (unpaired) electrons. The van der Waals surface area contributed by atoms with Crippen LogP contribution < -0.4 is 0 Å². The van der Waals surface area contributed by atoms with E-state index in [0.29, 0.717) is 22.0 Å². The highest BCUT2D eigenvalue weighted by Gasteiger charge is 2.22. The summed E-state index contributed by atoms with van der Waals surface area (Å²) >= 11 is 5.97. The van der Waals surface area contributed by atoms with Crippen LogP contribution in [0, 0.1) is 17.5 Å². The van der Waals surface area contributed by atoms with Crippen molar-refractivity contribution in [1.82, 2.24) is 4.98 Å². The van der Waals surface area contributed by atoms with Gasteiger partial charge in [0.05, 0.1) is 16.1 Å². The van der Waals surface area contributed by atoms with Crippen LogP contribution in [0.2, 0.25) is 5.02 Å². The Hall–Kier alpha value is -2.27. The molecule has 6 heteroatoms. The van der Waals surface area contributed by atoms with Crippen LogP contribution in [0.3, 0.4) is 0 Å². The normalized spacial score (nSPS) is 11.0. The number of halogens is 4. The molecule has 1 aromatic heterocycles. The molecule has 3 aromatic rings. The second-order valence-corrected chi connectivity index (χ2v) is 4.82. The van der Waals surface area contributed by atoms with Crippen LogP contribution in [0.25, 0.3) is 10.9 Å². The number of para-hydroxylation sites is 1. The number of fused-ring (bicyclic) bond motifs is 1. The highest BCUT2D eigenvalue weighted by Crippen LogP contribution is 2.28. The average Bonchev–Trinajstić information content (AvgIpc) is 2.90. The second-order valence-electron chi connectivity index (χ2n) is 4.42. The lowest BCUT2D eigenvalue weighted by Gasteiger charge is -2.03. The molecule has 106 valence electrons. The molecular weight excluding hydrogens is 303 g/mol. The molecule has 0 unspecified atom stereocenters. The lowest BCUT2D eigenvalue weighted by Crippen LogP contribution is -2.06. The Morgan fingerprint density at radius 3 is 2.52 bits per heavy atom. The molecule has 2 nitrogen and oxygen atoms in total. The molecule has 0 atom stereocenters. The van der Waals surface area contributed by atoms with Crippen LogP contribution in [0.15, 0.2) is 36.5 Å². The van der Waals surface area contributed by atoms with Gasteiger partial charge in [0.25, 0.3) is 0 Å². The number of H-pyrrole nitrogens is 1. The fourth-order valence-electron chi connectivity index (χ4n) is 2.15. The van der Waals surface area contributed by atoms with Gasteiger partial charge in [-0.25, -0.2) is 13.2 Å². The third-order valence-electron chi connectivity index (χ3n) is 3.19. The topological polar surface area (TPSA) is 32.9 Å². The number of rotatable bonds is 2. The molecule has 0 amide bonds. The first-order valence-electron chi connectivity index (χ1n) is 5.94. The zero-order valence-electron chi connectivity index (χ0n) is 10.4. The molecule has 21 heavy (non-hydrogen) atoms. The molecular formula is C15H7ClF3NO. The summed E-state index contributed by atoms with van der Waals surface area (Å²) in [6.07, 6.45) is 1.36. The van der Waals surface area contributed by atoms with Crippen LogP contribution >= 0.6 is 11.6 Å². The molecule has 2 aromatic carbocycles. The zero-order valence-corrected chi connectivity index (χ0v) is 11.1. The van der Waals surface area contributed by atoms with Gasteiger partial charge in [-0.1, -0.05) is 23.7 Å². The van der Waals surface area contributed by atoms with Gasteiger partial charge in [0.2, 0.25) is 0 Å². The van der Waals surface area contributed by atoms with E-state index in [1.807, 2.05) is 0 Å². The number of aromatic nitrogens is 1. The minimum absolute atomic E-state index is 0.136. The van der Waals surface area contributed by atoms with Crippen LogP contribution in [0.5, 0.6) is 0 Å². The highest BCUT2D eigenvalue weighted by atomic mass is 35.5. The lowest BCUT2D eigenvalue weighted by atomic mass is 10.0. The summed E-state index contributed by atoms with van der Waals surface area (Å²) in [5.41, 5.74) is 0.123. The van der Waals surface area contributed by atoms with Crippen molar-refractivity contribution in [3.8, 4) is 0 Å². The standard InChI is InChI=1S/C15H7ClF3NO/c16-10-3-1-2-7-9(6-20-14(7)10)15(21)8-4-5-11(17)13(19)12(8)18/h1-6,20H. The van der Waals surface area contributed by atoms with Crippen molar-refractivity contribution < 1.29 is 18.0 Å². The summed E-state index contributed by atoms with van der Waals surface area (Å²) < 4.78 is 39.9. The molecule has 0 spiro atoms. The van der Waals surface area contributed by atoms with Gasteiger partial charge < -0.3 is 4.98 Å². The molecule has 0 aliphatic rings. The third kappa shape index (κ3) is 2.10. The number of nitrogens with one attached hydrogen (secondary N) is 1. The van der Waals surface area contributed by atoms with Gasteiger partial charge in [-0.15, -0.1) is 0 Å². The minimum Gasteiger partial charge on any atom is -0.359 e. The first-order valence-corrected chi connectivity index (χ1v) is 6.32. The smallest absolute Gasteiger partial charge is 0.198 e. The van der Waals surface area contributed by atoms with Gasteiger partial charge in [0.1, 0.15) is 0 Å². The number of carbonyl (C=O) groups is 1. The Bertz CT molecular complexity index is 873. The Morgan fingerprint density at radius 1 is 1.00 bits per heavy atom. The molecule has 1 heterocycles. The molecule has 1 N–H and O–H groups in total. The second kappa shape index (κ2) is 4.93. The summed E-state index contributed by atoms with van der Waals surface area (Å²) in [7, 11) is 0. The summed E-state index contributed by atoms with van der Waals surface area (Å²) in [5, 5.41) is 0.883. The largest absolute Gasteiger partial charge is 0.359 e. The number of ketones is 1. The van der Waals surface area contributed by atoms with E-state index in [1.54, 1.807) is 18.2 Å². The van der Waals surface area contributed by atoms with Gasteiger partial charge in [-0.3, -0.25) is 4.79 Å². The van der Waals surface area contributed by atoms with E-state index in [9.17, 15) is 18.0 Å². The van der Waals surface area contributed by atoms with Crippen LogP contribution in [0.1, 0.15) is 15.9 Å². The lowest BCUT2D eigenvalue weighted by molar-refractivity contribution is 0.103. The number of benzene rings is 2. The molecule has 0 saturated heterocycles. The molecule has 0 aliphatic carbocycles. The van der Waals surface area contributed by atoms with Gasteiger partial charge in [0.15, 0.2) is 23.2 Å². The summed E-state index contributed by atoms with van der Waals surface area (Å²) in [4.78, 5) is 15.1. The molecule has 0 aliphatic heterocycles. The predicted molar refractivity (Wildman–Crippen MR) is 73.1 cm³/mol. The Balaban J connectivity index is 2.18. The van der Waals surface area contributed by atoms with E-state index in [1.165, 1.54) is 6.20 Å². The monoisotopic (exact) mass is 309 g/mol. The van der Waals surface area contributed by atoms with Gasteiger partial charge >= 0.3 is 0 Å². The van der Waals surface area contributed by atoms with E-state index in [2.05, 4.69) is 4.98 Å². The van der Waals surface area contributed by atoms with Gasteiger partial charge in [0, 0.05) is 17.1 Å². The van der Waals surface area contributed by atoms with E-state index in [4.69, 9.17) is 11.6 Å². The number of hydrogen-bond donors (Lipinski definition) is 1. The van der Waals surface area contributed by atoms with Crippen molar-refractivity contribution in [2.75, 3.05) is 0 Å². The first-order chi connectivity index (χ1) is 10.0. The van der Waals surface area contributed by atoms with E-state index >= 15 is 0 Å². The molecule has 0 saturated carbocycles. The van der Waals surface area contributed by atoms with Crippen molar-refractivity contribution >= 4 is 28.3 Å². The van der Waals surface area contributed by atoms with Crippen molar-refractivity contribution in [3.05, 3.63) is 70.1 Å². The Morgan fingerprint density at radius 2 is 1.76 bits per heavy atom. The SMILES string of the molecule is O=C(c1ccc(F)c(F)c1F)c1c[nH]c2c(Cl)cccc12. The van der Waals surface area contributed by atoms with Gasteiger partial charge in [-0.05, 0) is 18.2 Å². The summed E-state index contributed by atoms with van der Waals surface area (Å²) in [5.74, 6) is -5.26. The maximum Gasteiger partial charge on any atom is 0.198 e. The van der Waals surface area contributed by atoms with Crippen molar-refractivity contribution in [3.63, 3.8) is 0 Å². The Kier molecular flexibility index (Phi) is 3.22. The van der Waals surface area contributed by atoms with Crippen molar-refractivity contribution in [1.29, 1.82) is 0 Å². The Labute approximate surface area is 122 Å². The fourth-order valence-corrected chi connectivity index (χ4v) is 2.38. The molecule has 3 rings (SSSR count). The van der Waals surface area contributed by atoms with Crippen molar-refractivity contribution in [2.45, 2.75) is 0 Å². The summed E-state index contributed by atoms with van der Waals surface area (Å²) in [6.45, 7) is 0. The third-order valence-corrected chi connectivity index (χ3v) is 3.50. The average molecular weight is 310 g/mol. The zero-order chi connectivity index (χ0) is 15.1. The highest BCUT2D eigenvalue weighted by molar-refractivity contribution is 6.35. The molecule has 0 fully saturated rings. The van der Waals surface area contributed by atoms with Crippen LogP contribution in [0.4, 0.5) is 13.2 Å². The van der Waals surface area contributed by atoms with Crippen molar-refractivity contribution in [2.24, 2.45) is 0 Å². The number of aromatic amines is 1.